The fourth-order valence-corrected chi connectivity index (χ4v) is 3.45. The topological polar surface area (TPSA) is 43.4 Å². The molecule has 17 heavy (non-hydrogen) atoms. The van der Waals surface area contributed by atoms with Crippen LogP contribution in [0.3, 0.4) is 0 Å². The van der Waals surface area contributed by atoms with E-state index in [4.69, 9.17) is 15.4 Å². The zero-order chi connectivity index (χ0) is 12.5. The van der Waals surface area contributed by atoms with Crippen LogP contribution in [0.2, 0.25) is 0 Å². The van der Waals surface area contributed by atoms with Crippen molar-refractivity contribution in [3.05, 3.63) is 22.7 Å². The molecule has 0 atom stereocenters. The molecule has 3 nitrogen and oxygen atoms in total. The standard InChI is InChI=1S/C11H12BrClO3S/c12-8-5-6-10(11(7-8)17(13,14)15)16-9-3-1-2-4-9/h5-7,9H,1-4H2. The van der Waals surface area contributed by atoms with Gasteiger partial charge in [0.05, 0.1) is 6.10 Å². The maximum Gasteiger partial charge on any atom is 0.265 e. The van der Waals surface area contributed by atoms with Gasteiger partial charge < -0.3 is 4.74 Å². The first-order chi connectivity index (χ1) is 7.97. The van der Waals surface area contributed by atoms with Crippen molar-refractivity contribution < 1.29 is 13.2 Å². The zero-order valence-electron chi connectivity index (χ0n) is 9.03. The van der Waals surface area contributed by atoms with E-state index in [1.54, 1.807) is 12.1 Å². The lowest BCUT2D eigenvalue weighted by Gasteiger charge is -2.15. The lowest BCUT2D eigenvalue weighted by Crippen LogP contribution is -2.12. The lowest BCUT2D eigenvalue weighted by atomic mass is 10.3. The van der Waals surface area contributed by atoms with Crippen molar-refractivity contribution in [2.75, 3.05) is 0 Å². The van der Waals surface area contributed by atoms with E-state index >= 15 is 0 Å². The Bertz CT molecular complexity index is 509. The van der Waals surface area contributed by atoms with Crippen LogP contribution in [0.25, 0.3) is 0 Å². The molecular formula is C11H12BrClO3S. The highest BCUT2D eigenvalue weighted by atomic mass is 79.9. The minimum absolute atomic E-state index is 0.0282. The molecule has 2 rings (SSSR count). The zero-order valence-corrected chi connectivity index (χ0v) is 12.2. The van der Waals surface area contributed by atoms with E-state index in [1.807, 2.05) is 0 Å². The number of hydrogen-bond acceptors (Lipinski definition) is 3. The summed E-state index contributed by atoms with van der Waals surface area (Å²) in [7, 11) is 1.61. The molecule has 1 aromatic carbocycles. The summed E-state index contributed by atoms with van der Waals surface area (Å²) in [5.41, 5.74) is 0. The lowest BCUT2D eigenvalue weighted by molar-refractivity contribution is 0.204. The van der Waals surface area contributed by atoms with E-state index in [2.05, 4.69) is 15.9 Å². The van der Waals surface area contributed by atoms with Gasteiger partial charge >= 0.3 is 0 Å². The predicted molar refractivity (Wildman–Crippen MR) is 70.1 cm³/mol. The second-order valence-electron chi connectivity index (χ2n) is 4.05. The summed E-state index contributed by atoms with van der Waals surface area (Å²) in [5, 5.41) is 0. The van der Waals surface area contributed by atoms with Crippen molar-refractivity contribution in [1.29, 1.82) is 0 Å². The molecule has 1 aromatic rings. The Hall–Kier alpha value is -0.260. The van der Waals surface area contributed by atoms with E-state index in [9.17, 15) is 8.42 Å². The van der Waals surface area contributed by atoms with E-state index in [1.165, 1.54) is 6.07 Å². The maximum absolute atomic E-state index is 11.4. The molecule has 94 valence electrons. The molecule has 1 aliphatic carbocycles. The van der Waals surface area contributed by atoms with Gasteiger partial charge in [-0.3, -0.25) is 0 Å². The first kappa shape index (κ1) is 13.2. The quantitative estimate of drug-likeness (QED) is 0.789. The van der Waals surface area contributed by atoms with Gasteiger partial charge in [0.1, 0.15) is 10.6 Å². The Balaban J connectivity index is 2.32. The minimum atomic E-state index is -3.78. The summed E-state index contributed by atoms with van der Waals surface area (Å²) in [6, 6.07) is 4.85. The SMILES string of the molecule is O=S(=O)(Cl)c1cc(Br)ccc1OC1CCCC1. The average Bonchev–Trinajstić information content (AvgIpc) is 2.72. The summed E-state index contributed by atoms with van der Waals surface area (Å²) in [6.07, 6.45) is 4.30. The average molecular weight is 340 g/mol. The first-order valence-corrected chi connectivity index (χ1v) is 8.48. The fraction of sp³-hybridized carbons (Fsp3) is 0.455. The molecule has 0 amide bonds. The normalized spacial score (nSPS) is 17.3. The molecule has 0 spiro atoms. The van der Waals surface area contributed by atoms with Gasteiger partial charge in [-0.2, -0.15) is 0 Å². The molecule has 0 saturated heterocycles. The van der Waals surface area contributed by atoms with Crippen LogP contribution in [0.1, 0.15) is 25.7 Å². The smallest absolute Gasteiger partial charge is 0.265 e. The van der Waals surface area contributed by atoms with Crippen molar-refractivity contribution in [2.24, 2.45) is 0 Å². The van der Waals surface area contributed by atoms with E-state index < -0.39 is 9.05 Å². The van der Waals surface area contributed by atoms with Gasteiger partial charge in [0.2, 0.25) is 0 Å². The number of ether oxygens (including phenoxy) is 1. The summed E-state index contributed by atoms with van der Waals surface area (Å²) in [6.45, 7) is 0. The third-order valence-electron chi connectivity index (χ3n) is 2.76. The van der Waals surface area contributed by atoms with Crippen LogP contribution >= 0.6 is 26.6 Å². The minimum Gasteiger partial charge on any atom is -0.489 e. The van der Waals surface area contributed by atoms with Crippen LogP contribution in [0.5, 0.6) is 5.75 Å². The summed E-state index contributed by atoms with van der Waals surface area (Å²) in [4.78, 5) is 0.0282. The highest BCUT2D eigenvalue weighted by Crippen LogP contribution is 2.33. The van der Waals surface area contributed by atoms with E-state index in [-0.39, 0.29) is 11.0 Å². The van der Waals surface area contributed by atoms with E-state index in [0.717, 1.165) is 25.7 Å². The summed E-state index contributed by atoms with van der Waals surface area (Å²) < 4.78 is 29.3. The summed E-state index contributed by atoms with van der Waals surface area (Å²) >= 11 is 3.22. The van der Waals surface area contributed by atoms with Crippen LogP contribution < -0.4 is 4.74 Å². The molecule has 0 unspecified atom stereocenters. The van der Waals surface area contributed by atoms with Crippen molar-refractivity contribution in [3.63, 3.8) is 0 Å². The van der Waals surface area contributed by atoms with Gasteiger partial charge in [0, 0.05) is 15.2 Å². The molecule has 1 aliphatic rings. The third kappa shape index (κ3) is 3.36. The Labute approximate surface area is 114 Å². The van der Waals surface area contributed by atoms with Crippen LogP contribution in [-0.2, 0) is 9.05 Å². The monoisotopic (exact) mass is 338 g/mol. The van der Waals surface area contributed by atoms with Crippen molar-refractivity contribution >= 4 is 35.7 Å². The van der Waals surface area contributed by atoms with Crippen molar-refractivity contribution in [2.45, 2.75) is 36.7 Å². The van der Waals surface area contributed by atoms with Gasteiger partial charge in [-0.25, -0.2) is 8.42 Å². The largest absolute Gasteiger partial charge is 0.489 e. The van der Waals surface area contributed by atoms with Crippen LogP contribution in [0.4, 0.5) is 0 Å². The number of rotatable bonds is 3. The molecule has 6 heteroatoms. The Morgan fingerprint density at radius 1 is 1.29 bits per heavy atom. The van der Waals surface area contributed by atoms with E-state index in [0.29, 0.717) is 10.2 Å². The number of halogens is 2. The third-order valence-corrected chi connectivity index (χ3v) is 4.60. The molecule has 0 heterocycles. The molecule has 0 bridgehead atoms. The molecule has 0 N–H and O–H groups in total. The van der Waals surface area contributed by atoms with Gasteiger partial charge in [0.25, 0.3) is 9.05 Å². The molecule has 1 saturated carbocycles. The Morgan fingerprint density at radius 2 is 1.94 bits per heavy atom. The van der Waals surface area contributed by atoms with Crippen LogP contribution in [-0.4, -0.2) is 14.5 Å². The van der Waals surface area contributed by atoms with Gasteiger partial charge in [-0.15, -0.1) is 0 Å². The number of hydrogen-bond donors (Lipinski definition) is 0. The van der Waals surface area contributed by atoms with Crippen LogP contribution in [0, 0.1) is 0 Å². The van der Waals surface area contributed by atoms with Crippen LogP contribution in [0.15, 0.2) is 27.6 Å². The van der Waals surface area contributed by atoms with Gasteiger partial charge in [-0.1, -0.05) is 15.9 Å². The Morgan fingerprint density at radius 3 is 2.53 bits per heavy atom. The fourth-order valence-electron chi connectivity index (χ4n) is 1.96. The highest BCUT2D eigenvalue weighted by molar-refractivity contribution is 9.10. The van der Waals surface area contributed by atoms with Crippen molar-refractivity contribution in [1.82, 2.24) is 0 Å². The highest BCUT2D eigenvalue weighted by Gasteiger charge is 2.22. The summed E-state index contributed by atoms with van der Waals surface area (Å²) in [5.74, 6) is 0.343. The van der Waals surface area contributed by atoms with Gasteiger partial charge in [-0.05, 0) is 43.9 Å². The molecular weight excluding hydrogens is 328 g/mol. The molecule has 1 fully saturated rings. The maximum atomic E-state index is 11.4. The first-order valence-electron chi connectivity index (χ1n) is 5.38. The number of benzene rings is 1. The second kappa shape index (κ2) is 5.16. The second-order valence-corrected chi connectivity index (χ2v) is 7.50. The molecule has 0 aromatic heterocycles. The molecule has 0 aliphatic heterocycles. The Kier molecular flexibility index (Phi) is 4.00. The van der Waals surface area contributed by atoms with Gasteiger partial charge in [0.15, 0.2) is 0 Å². The van der Waals surface area contributed by atoms with Crippen molar-refractivity contribution in [3.8, 4) is 5.75 Å². The molecule has 0 radical (unpaired) electrons. The predicted octanol–water partition coefficient (Wildman–Crippen LogP) is 3.70.